The third kappa shape index (κ3) is 2.12. The van der Waals surface area contributed by atoms with Crippen molar-refractivity contribution >= 4 is 6.02 Å². The number of nitrogens with two attached hydrogens (primary N) is 1. The Kier molecular flexibility index (Phi) is 3.23. The lowest BCUT2D eigenvalue weighted by molar-refractivity contribution is 0.0575. The summed E-state index contributed by atoms with van der Waals surface area (Å²) < 4.78 is 11.9. The van der Waals surface area contributed by atoms with E-state index in [-0.39, 0.29) is 18.0 Å². The van der Waals surface area contributed by atoms with E-state index < -0.39 is 5.54 Å². The second-order valence-electron chi connectivity index (χ2n) is 7.26. The number of ether oxygens (including phenoxy) is 2. The van der Waals surface area contributed by atoms with Crippen molar-refractivity contribution in [2.24, 2.45) is 16.6 Å². The number of amidine groups is 1. The summed E-state index contributed by atoms with van der Waals surface area (Å²) in [7, 11) is 0. The van der Waals surface area contributed by atoms with Crippen LogP contribution in [0.1, 0.15) is 30.4 Å². The van der Waals surface area contributed by atoms with Crippen LogP contribution in [0.4, 0.5) is 0 Å². The van der Waals surface area contributed by atoms with Crippen molar-refractivity contribution in [3.63, 3.8) is 0 Å². The minimum absolute atomic E-state index is 0.175. The minimum Gasteiger partial charge on any atom is -0.490 e. The van der Waals surface area contributed by atoms with Gasteiger partial charge in [0.05, 0.1) is 11.6 Å². The monoisotopic (exact) mass is 345 g/mol. The number of hydrogen-bond donors (Lipinski definition) is 1. The van der Waals surface area contributed by atoms with E-state index in [1.807, 2.05) is 36.4 Å². The van der Waals surface area contributed by atoms with E-state index in [2.05, 4.69) is 12.1 Å². The topological polar surface area (TPSA) is 80.6 Å². The first-order valence-corrected chi connectivity index (χ1v) is 8.99. The van der Waals surface area contributed by atoms with Crippen LogP contribution in [0.3, 0.4) is 0 Å². The van der Waals surface area contributed by atoms with Gasteiger partial charge in [-0.2, -0.15) is 5.26 Å². The van der Waals surface area contributed by atoms with E-state index >= 15 is 0 Å². The van der Waals surface area contributed by atoms with Gasteiger partial charge in [-0.15, -0.1) is 0 Å². The van der Waals surface area contributed by atoms with Crippen LogP contribution in [-0.2, 0) is 10.3 Å². The Morgan fingerprint density at radius 2 is 2.04 bits per heavy atom. The predicted octanol–water partition coefficient (Wildman–Crippen LogP) is 3.33. The highest BCUT2D eigenvalue weighted by molar-refractivity contribution is 5.75. The van der Waals surface area contributed by atoms with E-state index in [0.717, 1.165) is 41.7 Å². The van der Waals surface area contributed by atoms with E-state index in [4.69, 9.17) is 20.2 Å². The molecule has 1 aliphatic carbocycles. The van der Waals surface area contributed by atoms with Gasteiger partial charge in [-0.1, -0.05) is 18.2 Å². The summed E-state index contributed by atoms with van der Waals surface area (Å²) in [5.41, 5.74) is 9.20. The molecule has 2 heterocycles. The Hall–Kier alpha value is -3.00. The Labute approximate surface area is 152 Å². The predicted molar refractivity (Wildman–Crippen MR) is 97.6 cm³/mol. The molecular formula is C21H19N3O2. The van der Waals surface area contributed by atoms with Crippen molar-refractivity contribution < 1.29 is 9.47 Å². The lowest BCUT2D eigenvalue weighted by atomic mass is 9.74. The SMILES string of the molecule is N#Cc1cccc(-c2ccc3c(c2)[C@]2(COC(N)=N2)C2CCCC2O3)c1. The number of aliphatic imine (C=N–C) groups is 1. The Morgan fingerprint density at radius 3 is 2.85 bits per heavy atom. The first-order chi connectivity index (χ1) is 12.7. The molecule has 26 heavy (non-hydrogen) atoms. The van der Waals surface area contributed by atoms with E-state index in [1.54, 1.807) is 0 Å². The standard InChI is InChI=1S/C21H19N3O2/c22-11-13-3-1-4-14(9-13)15-7-8-19-17(10-15)21(12-25-20(23)24-21)16-5-2-6-18(16)26-19/h1,3-4,7-10,16,18H,2,5-6,12H2,(H2,23,24)/t16?,18?,21-/m0/s1. The van der Waals surface area contributed by atoms with Crippen molar-refractivity contribution in [1.82, 2.24) is 0 Å². The van der Waals surface area contributed by atoms with Crippen LogP contribution in [0.15, 0.2) is 47.5 Å². The highest BCUT2D eigenvalue weighted by Gasteiger charge is 2.55. The molecule has 3 atom stereocenters. The lowest BCUT2D eigenvalue weighted by Crippen LogP contribution is -2.45. The van der Waals surface area contributed by atoms with Gasteiger partial charge in [0, 0.05) is 11.5 Å². The summed E-state index contributed by atoms with van der Waals surface area (Å²) in [4.78, 5) is 4.77. The molecule has 0 radical (unpaired) electrons. The molecule has 1 fully saturated rings. The van der Waals surface area contributed by atoms with E-state index in [0.29, 0.717) is 12.2 Å². The summed E-state index contributed by atoms with van der Waals surface area (Å²) in [6, 6.07) is 16.3. The van der Waals surface area contributed by atoms with Crippen molar-refractivity contribution in [3.8, 4) is 22.9 Å². The molecule has 2 aromatic carbocycles. The van der Waals surface area contributed by atoms with Gasteiger partial charge in [-0.05, 0) is 54.7 Å². The maximum atomic E-state index is 9.18. The largest absolute Gasteiger partial charge is 0.490 e. The smallest absolute Gasteiger partial charge is 0.283 e. The number of rotatable bonds is 1. The average Bonchev–Trinajstić information content (AvgIpc) is 3.30. The average molecular weight is 345 g/mol. The van der Waals surface area contributed by atoms with Crippen LogP contribution in [0.2, 0.25) is 0 Å². The highest BCUT2D eigenvalue weighted by atomic mass is 16.5. The molecule has 2 aromatic rings. The van der Waals surface area contributed by atoms with Gasteiger partial charge in [0.2, 0.25) is 0 Å². The number of benzene rings is 2. The van der Waals surface area contributed by atoms with Gasteiger partial charge in [0.1, 0.15) is 24.0 Å². The van der Waals surface area contributed by atoms with Gasteiger partial charge in [0.15, 0.2) is 0 Å². The van der Waals surface area contributed by atoms with Crippen molar-refractivity contribution in [2.75, 3.05) is 6.61 Å². The molecule has 130 valence electrons. The van der Waals surface area contributed by atoms with Gasteiger partial charge in [-0.3, -0.25) is 0 Å². The molecule has 3 aliphatic rings. The minimum atomic E-state index is -0.457. The molecule has 5 nitrogen and oxygen atoms in total. The van der Waals surface area contributed by atoms with Gasteiger partial charge in [-0.25, -0.2) is 4.99 Å². The summed E-state index contributed by atoms with van der Waals surface area (Å²) in [5, 5.41) is 9.18. The van der Waals surface area contributed by atoms with Crippen molar-refractivity contribution in [2.45, 2.75) is 30.9 Å². The van der Waals surface area contributed by atoms with Crippen molar-refractivity contribution in [3.05, 3.63) is 53.6 Å². The molecule has 5 heteroatoms. The number of nitrogens with zero attached hydrogens (tertiary/aromatic N) is 2. The molecule has 1 spiro atoms. The normalized spacial score (nSPS) is 28.5. The fraction of sp³-hybridized carbons (Fsp3) is 0.333. The zero-order valence-electron chi connectivity index (χ0n) is 14.3. The summed E-state index contributed by atoms with van der Waals surface area (Å²) in [5.74, 6) is 1.16. The number of fused-ring (bicyclic) bond motifs is 4. The quantitative estimate of drug-likeness (QED) is 0.860. The van der Waals surface area contributed by atoms with Crippen LogP contribution in [0.5, 0.6) is 5.75 Å². The molecule has 2 N–H and O–H groups in total. The molecular weight excluding hydrogens is 326 g/mol. The molecule has 0 saturated heterocycles. The molecule has 0 aromatic heterocycles. The molecule has 1 saturated carbocycles. The zero-order valence-corrected chi connectivity index (χ0v) is 14.3. The second kappa shape index (κ2) is 5.50. The Bertz CT molecular complexity index is 962. The number of hydrogen-bond acceptors (Lipinski definition) is 5. The molecule has 2 aliphatic heterocycles. The van der Waals surface area contributed by atoms with E-state index in [1.165, 1.54) is 0 Å². The first-order valence-electron chi connectivity index (χ1n) is 8.99. The lowest BCUT2D eigenvalue weighted by Gasteiger charge is -2.41. The van der Waals surface area contributed by atoms with Crippen LogP contribution >= 0.6 is 0 Å². The Morgan fingerprint density at radius 1 is 1.15 bits per heavy atom. The maximum absolute atomic E-state index is 9.18. The molecule has 2 unspecified atom stereocenters. The summed E-state index contributed by atoms with van der Waals surface area (Å²) in [6.45, 7) is 0.470. The maximum Gasteiger partial charge on any atom is 0.283 e. The van der Waals surface area contributed by atoms with Crippen LogP contribution in [0.25, 0.3) is 11.1 Å². The molecule has 5 rings (SSSR count). The molecule has 0 amide bonds. The zero-order chi connectivity index (χ0) is 17.7. The highest BCUT2D eigenvalue weighted by Crippen LogP contribution is 2.53. The summed E-state index contributed by atoms with van der Waals surface area (Å²) >= 11 is 0. The second-order valence-corrected chi connectivity index (χ2v) is 7.26. The Balaban J connectivity index is 1.67. The molecule has 0 bridgehead atoms. The van der Waals surface area contributed by atoms with Gasteiger partial charge in [0.25, 0.3) is 6.02 Å². The fourth-order valence-electron chi connectivity index (χ4n) is 4.67. The fourth-order valence-corrected chi connectivity index (χ4v) is 4.67. The van der Waals surface area contributed by atoms with Gasteiger partial charge >= 0.3 is 0 Å². The summed E-state index contributed by atoms with van der Waals surface area (Å²) in [6.07, 6.45) is 3.43. The first kappa shape index (κ1) is 15.3. The van der Waals surface area contributed by atoms with Crippen LogP contribution < -0.4 is 10.5 Å². The third-order valence-electron chi connectivity index (χ3n) is 5.87. The van der Waals surface area contributed by atoms with E-state index in [9.17, 15) is 5.26 Å². The van der Waals surface area contributed by atoms with Gasteiger partial charge < -0.3 is 15.2 Å². The number of nitriles is 1. The van der Waals surface area contributed by atoms with Crippen LogP contribution in [0, 0.1) is 17.2 Å². The van der Waals surface area contributed by atoms with Crippen molar-refractivity contribution in [1.29, 1.82) is 5.26 Å². The third-order valence-corrected chi connectivity index (χ3v) is 5.87. The van der Waals surface area contributed by atoms with Crippen LogP contribution in [-0.4, -0.2) is 18.7 Å².